The Kier molecular flexibility index (Phi) is 13.8. The summed E-state index contributed by atoms with van der Waals surface area (Å²) in [5.41, 5.74) is 8.74. The van der Waals surface area contributed by atoms with Crippen molar-refractivity contribution in [3.63, 3.8) is 0 Å². The van der Waals surface area contributed by atoms with Gasteiger partial charge in [-0.1, -0.05) is 100.0 Å². The van der Waals surface area contributed by atoms with Crippen LogP contribution in [0.15, 0.2) is 97.1 Å². The molecule has 0 saturated carbocycles. The molecule has 252 valence electrons. The molecule has 0 atom stereocenters. The molecule has 8 nitrogen and oxygen atoms in total. The van der Waals surface area contributed by atoms with E-state index in [1.54, 1.807) is 18.2 Å². The van der Waals surface area contributed by atoms with Crippen LogP contribution in [0, 0.1) is 0 Å². The fraction of sp³-hybridized carbons (Fsp3) is 0.300. The number of hydrogen-bond acceptors (Lipinski definition) is 8. The number of aliphatic hydroxyl groups excluding tert-OH is 2. The summed E-state index contributed by atoms with van der Waals surface area (Å²) in [4.78, 5) is 23.6. The smallest absolute Gasteiger partial charge is 0.338 e. The average Bonchev–Trinajstić information content (AvgIpc) is 3.11. The van der Waals surface area contributed by atoms with Crippen LogP contribution in [0.3, 0.4) is 0 Å². The van der Waals surface area contributed by atoms with Crippen molar-refractivity contribution in [1.82, 2.24) is 0 Å². The Labute approximate surface area is 282 Å². The Balaban J connectivity index is 1.54. The molecule has 0 amide bonds. The fourth-order valence-electron chi connectivity index (χ4n) is 5.18. The third kappa shape index (κ3) is 10.3. The highest BCUT2D eigenvalue weighted by molar-refractivity contribution is 5.87. The van der Waals surface area contributed by atoms with Crippen LogP contribution in [0.2, 0.25) is 0 Å². The first kappa shape index (κ1) is 35.9. The highest BCUT2D eigenvalue weighted by Gasteiger charge is 2.13. The SMILES string of the molecule is C=C(CO)C(=O)OCOc1cc(OCOC(=O)CCO)cc(-c2ccc(-c3ccc(-c4ccc(CCCCC)cc4)cc3)c(CC)c2)c1. The first-order chi connectivity index (χ1) is 23.3. The lowest BCUT2D eigenvalue weighted by molar-refractivity contribution is -0.151. The van der Waals surface area contributed by atoms with E-state index in [4.69, 9.17) is 29.2 Å². The molecule has 0 bridgehead atoms. The van der Waals surface area contributed by atoms with Crippen LogP contribution in [0.5, 0.6) is 11.5 Å². The Morgan fingerprint density at radius 2 is 1.29 bits per heavy atom. The van der Waals surface area contributed by atoms with Gasteiger partial charge in [-0.3, -0.25) is 4.79 Å². The third-order valence-corrected chi connectivity index (χ3v) is 7.91. The topological polar surface area (TPSA) is 112 Å². The van der Waals surface area contributed by atoms with Crippen molar-refractivity contribution in [2.45, 2.75) is 52.4 Å². The van der Waals surface area contributed by atoms with Crippen LogP contribution in [0.4, 0.5) is 0 Å². The van der Waals surface area contributed by atoms with Gasteiger partial charge in [0.1, 0.15) is 11.5 Å². The Hall–Kier alpha value is -4.92. The van der Waals surface area contributed by atoms with E-state index in [0.29, 0.717) is 11.5 Å². The number of aryl methyl sites for hydroxylation is 2. The predicted molar refractivity (Wildman–Crippen MR) is 186 cm³/mol. The predicted octanol–water partition coefficient (Wildman–Crippen LogP) is 7.67. The lowest BCUT2D eigenvalue weighted by atomic mass is 9.92. The number of carbonyl (C=O) groups is 2. The van der Waals surface area contributed by atoms with Crippen molar-refractivity contribution in [3.8, 4) is 44.9 Å². The molecule has 0 unspecified atom stereocenters. The molecule has 0 aromatic heterocycles. The van der Waals surface area contributed by atoms with Crippen molar-refractivity contribution >= 4 is 11.9 Å². The van der Waals surface area contributed by atoms with Crippen LogP contribution >= 0.6 is 0 Å². The van der Waals surface area contributed by atoms with Crippen molar-refractivity contribution in [2.24, 2.45) is 0 Å². The van der Waals surface area contributed by atoms with E-state index >= 15 is 0 Å². The molecule has 2 N–H and O–H groups in total. The van der Waals surface area contributed by atoms with E-state index in [0.717, 1.165) is 40.7 Å². The summed E-state index contributed by atoms with van der Waals surface area (Å²) in [6, 6.07) is 28.9. The number of unbranched alkanes of at least 4 members (excludes halogenated alkanes) is 2. The van der Waals surface area contributed by atoms with E-state index in [1.165, 1.54) is 36.0 Å². The van der Waals surface area contributed by atoms with E-state index in [2.05, 4.69) is 81.1 Å². The standard InChI is InChI=1S/C40H44O8/c1-4-6-7-8-29-9-11-31(12-10-29)32-13-15-33(16-14-32)38-18-17-34(21-30(38)5-2)35-22-36(45-26-47-39(43)19-20-41)24-37(23-35)46-27-48-40(44)28(3)25-42/h9-18,21-24,41-42H,3-8,19-20,25-27H2,1-2H3. The van der Waals surface area contributed by atoms with E-state index < -0.39 is 25.3 Å². The third-order valence-electron chi connectivity index (χ3n) is 7.91. The number of carbonyl (C=O) groups excluding carboxylic acids is 2. The van der Waals surface area contributed by atoms with Crippen molar-refractivity contribution < 1.29 is 38.7 Å². The molecule has 0 heterocycles. The second kappa shape index (κ2) is 18.4. The lowest BCUT2D eigenvalue weighted by Crippen LogP contribution is -2.14. The second-order valence-corrected chi connectivity index (χ2v) is 11.4. The number of benzene rings is 4. The molecule has 0 aliphatic heterocycles. The maximum atomic E-state index is 11.9. The molecule has 4 aromatic carbocycles. The molecule has 0 saturated heterocycles. The molecule has 4 aromatic rings. The zero-order valence-corrected chi connectivity index (χ0v) is 27.7. The summed E-state index contributed by atoms with van der Waals surface area (Å²) in [5, 5.41) is 18.0. The molecule has 0 aliphatic rings. The number of esters is 2. The Morgan fingerprint density at radius 3 is 1.90 bits per heavy atom. The van der Waals surface area contributed by atoms with Crippen LogP contribution in [0.1, 0.15) is 50.7 Å². The van der Waals surface area contributed by atoms with Gasteiger partial charge in [0, 0.05) is 6.07 Å². The van der Waals surface area contributed by atoms with Gasteiger partial charge in [-0.15, -0.1) is 0 Å². The van der Waals surface area contributed by atoms with Gasteiger partial charge in [0.25, 0.3) is 0 Å². The van der Waals surface area contributed by atoms with Crippen molar-refractivity contribution in [3.05, 3.63) is 108 Å². The van der Waals surface area contributed by atoms with E-state index in [-0.39, 0.29) is 25.4 Å². The lowest BCUT2D eigenvalue weighted by Gasteiger charge is -2.15. The molecule has 0 fully saturated rings. The van der Waals surface area contributed by atoms with Gasteiger partial charge in [0.15, 0.2) is 0 Å². The molecule has 8 heteroatoms. The van der Waals surface area contributed by atoms with E-state index in [1.807, 2.05) is 6.07 Å². The van der Waals surface area contributed by atoms with Gasteiger partial charge in [0.05, 0.1) is 25.2 Å². The van der Waals surface area contributed by atoms with Gasteiger partial charge in [0.2, 0.25) is 13.6 Å². The molecular formula is C40H44O8. The fourth-order valence-corrected chi connectivity index (χ4v) is 5.18. The second-order valence-electron chi connectivity index (χ2n) is 11.4. The summed E-state index contributed by atoms with van der Waals surface area (Å²) in [7, 11) is 0. The van der Waals surface area contributed by atoms with Gasteiger partial charge in [-0.2, -0.15) is 0 Å². The first-order valence-electron chi connectivity index (χ1n) is 16.3. The average molecular weight is 653 g/mol. The minimum absolute atomic E-state index is 0.0882. The Bertz CT molecular complexity index is 1660. The first-order valence-corrected chi connectivity index (χ1v) is 16.3. The molecule has 4 rings (SSSR count). The molecule has 48 heavy (non-hydrogen) atoms. The van der Waals surface area contributed by atoms with Crippen molar-refractivity contribution in [2.75, 3.05) is 26.8 Å². The number of ether oxygens (including phenoxy) is 4. The summed E-state index contributed by atoms with van der Waals surface area (Å²) in [6.45, 7) is 6.18. The number of aliphatic hydroxyl groups is 2. The summed E-state index contributed by atoms with van der Waals surface area (Å²) < 4.78 is 21.4. The minimum atomic E-state index is -0.771. The molecule has 0 aliphatic carbocycles. The summed E-state index contributed by atoms with van der Waals surface area (Å²) in [6.07, 6.45) is 5.49. The summed E-state index contributed by atoms with van der Waals surface area (Å²) in [5.74, 6) is -0.656. The highest BCUT2D eigenvalue weighted by Crippen LogP contribution is 2.34. The highest BCUT2D eigenvalue weighted by atomic mass is 16.7. The molecule has 0 radical (unpaired) electrons. The van der Waals surface area contributed by atoms with Gasteiger partial charge < -0.3 is 29.2 Å². The number of rotatable bonds is 18. The normalized spacial score (nSPS) is 10.8. The van der Waals surface area contributed by atoms with E-state index in [9.17, 15) is 9.59 Å². The van der Waals surface area contributed by atoms with Crippen LogP contribution in [0.25, 0.3) is 33.4 Å². The maximum Gasteiger partial charge on any atom is 0.338 e. The van der Waals surface area contributed by atoms with Crippen LogP contribution in [-0.2, 0) is 31.9 Å². The number of hydrogen-bond donors (Lipinski definition) is 2. The quantitative estimate of drug-likeness (QED) is 0.0488. The van der Waals surface area contributed by atoms with Gasteiger partial charge >= 0.3 is 11.9 Å². The van der Waals surface area contributed by atoms with Crippen LogP contribution < -0.4 is 9.47 Å². The Morgan fingerprint density at radius 1 is 0.688 bits per heavy atom. The summed E-state index contributed by atoms with van der Waals surface area (Å²) >= 11 is 0. The van der Waals surface area contributed by atoms with Gasteiger partial charge in [-0.05, 0) is 75.9 Å². The largest absolute Gasteiger partial charge is 0.457 e. The molecular weight excluding hydrogens is 608 g/mol. The maximum absolute atomic E-state index is 11.9. The van der Waals surface area contributed by atoms with Crippen molar-refractivity contribution in [1.29, 1.82) is 0 Å². The zero-order chi connectivity index (χ0) is 34.3. The van der Waals surface area contributed by atoms with Gasteiger partial charge in [-0.25, -0.2) is 4.79 Å². The molecule has 0 spiro atoms. The minimum Gasteiger partial charge on any atom is -0.457 e. The van der Waals surface area contributed by atoms with Crippen LogP contribution in [-0.4, -0.2) is 49.0 Å². The monoisotopic (exact) mass is 652 g/mol. The zero-order valence-electron chi connectivity index (χ0n) is 27.7.